The second-order valence-corrected chi connectivity index (χ2v) is 7.84. The molecule has 5 nitrogen and oxygen atoms in total. The lowest BCUT2D eigenvalue weighted by molar-refractivity contribution is -0.125. The van der Waals surface area contributed by atoms with E-state index in [-0.39, 0.29) is 12.5 Å². The van der Waals surface area contributed by atoms with E-state index in [1.165, 1.54) is 11.6 Å². The Morgan fingerprint density at radius 1 is 0.933 bits per heavy atom. The summed E-state index contributed by atoms with van der Waals surface area (Å²) in [5.74, 6) is -1.27. The van der Waals surface area contributed by atoms with Crippen molar-refractivity contribution in [2.24, 2.45) is 4.99 Å². The van der Waals surface area contributed by atoms with Crippen LogP contribution in [0.1, 0.15) is 17.5 Å². The van der Waals surface area contributed by atoms with Crippen LogP contribution in [0.3, 0.4) is 0 Å². The molecule has 1 amide bonds. The van der Waals surface area contributed by atoms with Gasteiger partial charge in [-0.1, -0.05) is 36.4 Å². The lowest BCUT2D eigenvalue weighted by Crippen LogP contribution is -2.53. The van der Waals surface area contributed by atoms with E-state index in [0.717, 1.165) is 49.5 Å². The van der Waals surface area contributed by atoms with Gasteiger partial charge in [-0.05, 0) is 23.3 Å². The van der Waals surface area contributed by atoms with Crippen molar-refractivity contribution in [2.45, 2.75) is 19.5 Å². The zero-order valence-electron chi connectivity index (χ0n) is 16.5. The highest BCUT2D eigenvalue weighted by molar-refractivity contribution is 6.09. The molecule has 0 N–H and O–H groups in total. The molecule has 0 aliphatic carbocycles. The predicted molar refractivity (Wildman–Crippen MR) is 109 cm³/mol. The van der Waals surface area contributed by atoms with E-state index in [2.05, 4.69) is 26.9 Å². The van der Waals surface area contributed by atoms with Crippen molar-refractivity contribution in [3.8, 4) is 0 Å². The van der Waals surface area contributed by atoms with E-state index in [1.54, 1.807) is 4.90 Å². The van der Waals surface area contributed by atoms with E-state index in [0.29, 0.717) is 24.6 Å². The molecular weight excluding hydrogens is 386 g/mol. The highest BCUT2D eigenvalue weighted by atomic mass is 19.2. The number of rotatable bonds is 4. The van der Waals surface area contributed by atoms with Gasteiger partial charge in [0.05, 0.1) is 18.7 Å². The summed E-state index contributed by atoms with van der Waals surface area (Å²) < 4.78 is 27.0. The highest BCUT2D eigenvalue weighted by Crippen LogP contribution is 2.32. The minimum atomic E-state index is -0.909. The van der Waals surface area contributed by atoms with Gasteiger partial charge in [0.1, 0.15) is 0 Å². The summed E-state index contributed by atoms with van der Waals surface area (Å²) in [5, 5.41) is 0. The third-order valence-corrected chi connectivity index (χ3v) is 5.86. The Bertz CT molecular complexity index is 1050. The largest absolute Gasteiger partial charge is 0.314 e. The van der Waals surface area contributed by atoms with E-state index in [1.807, 2.05) is 18.2 Å². The van der Waals surface area contributed by atoms with Gasteiger partial charge >= 0.3 is 0 Å². The van der Waals surface area contributed by atoms with Crippen molar-refractivity contribution in [2.75, 3.05) is 26.2 Å². The average Bonchev–Trinajstić information content (AvgIpc) is 3.24. The number of benzene rings is 2. The number of carbonyl (C=O) groups excluding carboxylic acids is 1. The number of halogens is 2. The fourth-order valence-electron chi connectivity index (χ4n) is 4.41. The molecule has 3 aliphatic rings. The molecule has 7 heteroatoms. The van der Waals surface area contributed by atoms with Crippen LogP contribution in [0.5, 0.6) is 0 Å². The van der Waals surface area contributed by atoms with Crippen molar-refractivity contribution < 1.29 is 13.6 Å². The fourth-order valence-corrected chi connectivity index (χ4v) is 4.41. The van der Waals surface area contributed by atoms with Gasteiger partial charge in [-0.25, -0.2) is 8.78 Å². The van der Waals surface area contributed by atoms with Gasteiger partial charge in [0.15, 0.2) is 11.6 Å². The Hall–Kier alpha value is -3.06. The molecule has 0 unspecified atom stereocenters. The summed E-state index contributed by atoms with van der Waals surface area (Å²) in [6.45, 7) is 3.78. The first-order chi connectivity index (χ1) is 14.6. The smallest absolute Gasteiger partial charge is 0.259 e. The minimum absolute atomic E-state index is 0.0932. The number of guanidine groups is 1. The number of aliphatic imine (C=N–C) groups is 1. The van der Waals surface area contributed by atoms with Crippen molar-refractivity contribution in [3.05, 3.63) is 82.6 Å². The van der Waals surface area contributed by atoms with Gasteiger partial charge in [-0.3, -0.25) is 19.6 Å². The van der Waals surface area contributed by atoms with Crippen molar-refractivity contribution in [1.29, 1.82) is 0 Å². The number of hydrogen-bond acceptors (Lipinski definition) is 4. The molecule has 0 fully saturated rings. The van der Waals surface area contributed by atoms with Gasteiger partial charge < -0.3 is 4.90 Å². The summed E-state index contributed by atoms with van der Waals surface area (Å²) in [5.41, 5.74) is 3.59. The predicted octanol–water partition coefficient (Wildman–Crippen LogP) is 3.14. The summed E-state index contributed by atoms with van der Waals surface area (Å²) in [6.07, 6.45) is 0.798. The Labute approximate surface area is 173 Å². The van der Waals surface area contributed by atoms with Crippen LogP contribution in [0.25, 0.3) is 0 Å². The van der Waals surface area contributed by atoms with Crippen LogP contribution in [0, 0.1) is 11.6 Å². The van der Waals surface area contributed by atoms with Crippen LogP contribution in [-0.2, 0) is 17.9 Å². The van der Waals surface area contributed by atoms with Crippen LogP contribution < -0.4 is 0 Å². The lowest BCUT2D eigenvalue weighted by Gasteiger charge is -2.42. The molecule has 3 aliphatic heterocycles. The van der Waals surface area contributed by atoms with Crippen LogP contribution in [0.2, 0.25) is 0 Å². The van der Waals surface area contributed by atoms with Crippen LogP contribution in [0.4, 0.5) is 8.78 Å². The Kier molecular flexibility index (Phi) is 4.83. The third-order valence-electron chi connectivity index (χ3n) is 5.86. The normalized spacial score (nSPS) is 19.1. The number of fused-ring (bicyclic) bond motifs is 2. The second kappa shape index (κ2) is 7.65. The zero-order chi connectivity index (χ0) is 20.7. The molecule has 3 heterocycles. The molecule has 2 aromatic carbocycles. The molecule has 0 spiro atoms. The van der Waals surface area contributed by atoms with Gasteiger partial charge in [-0.15, -0.1) is 0 Å². The molecule has 154 valence electrons. The Balaban J connectivity index is 1.41. The van der Waals surface area contributed by atoms with Crippen LogP contribution in [0.15, 0.2) is 64.8 Å². The summed E-state index contributed by atoms with van der Waals surface area (Å²) in [7, 11) is 0. The SMILES string of the molecule is O=C1C2=C(CCN(Cc3ccccc3)C2)N2CCN=C2N1Cc1ccc(F)c(F)c1. The van der Waals surface area contributed by atoms with E-state index < -0.39 is 11.6 Å². The van der Waals surface area contributed by atoms with E-state index in [9.17, 15) is 13.6 Å². The Morgan fingerprint density at radius 3 is 2.57 bits per heavy atom. The molecule has 2 aromatic rings. The van der Waals surface area contributed by atoms with E-state index in [4.69, 9.17) is 0 Å². The summed E-state index contributed by atoms with van der Waals surface area (Å²) in [6, 6.07) is 14.0. The number of nitrogens with zero attached hydrogens (tertiary/aromatic N) is 4. The molecule has 0 radical (unpaired) electrons. The summed E-state index contributed by atoms with van der Waals surface area (Å²) >= 11 is 0. The lowest BCUT2D eigenvalue weighted by atomic mass is 10.00. The molecule has 5 rings (SSSR count). The minimum Gasteiger partial charge on any atom is -0.314 e. The molecular formula is C23H22F2N4O. The topological polar surface area (TPSA) is 39.2 Å². The second-order valence-electron chi connectivity index (χ2n) is 7.84. The van der Waals surface area contributed by atoms with Gasteiger partial charge in [0.2, 0.25) is 5.96 Å². The van der Waals surface area contributed by atoms with Crippen LogP contribution >= 0.6 is 0 Å². The third kappa shape index (κ3) is 3.39. The van der Waals surface area contributed by atoms with Crippen molar-refractivity contribution in [1.82, 2.24) is 14.7 Å². The monoisotopic (exact) mass is 408 g/mol. The number of amides is 1. The first-order valence-electron chi connectivity index (χ1n) is 10.2. The Morgan fingerprint density at radius 2 is 1.77 bits per heavy atom. The maximum absolute atomic E-state index is 13.7. The molecule has 0 saturated heterocycles. The standard InChI is InChI=1S/C23H22F2N4O/c24-19-7-6-17(12-20(19)25)14-29-22(30)18-15-27(13-16-4-2-1-3-5-16)10-8-21(18)28-11-9-26-23(28)29/h1-7,12H,8-11,13-15H2. The highest BCUT2D eigenvalue weighted by Gasteiger charge is 2.40. The van der Waals surface area contributed by atoms with Crippen molar-refractivity contribution in [3.63, 3.8) is 0 Å². The number of carbonyl (C=O) groups is 1. The fraction of sp³-hybridized carbons (Fsp3) is 0.304. The van der Waals surface area contributed by atoms with Gasteiger partial charge in [-0.2, -0.15) is 0 Å². The van der Waals surface area contributed by atoms with E-state index >= 15 is 0 Å². The molecule has 0 atom stereocenters. The first-order valence-corrected chi connectivity index (χ1v) is 10.2. The quantitative estimate of drug-likeness (QED) is 0.780. The average molecular weight is 408 g/mol. The summed E-state index contributed by atoms with van der Waals surface area (Å²) in [4.78, 5) is 24.0. The van der Waals surface area contributed by atoms with Gasteiger partial charge in [0, 0.05) is 38.3 Å². The first kappa shape index (κ1) is 18.9. The molecule has 0 saturated carbocycles. The maximum Gasteiger partial charge on any atom is 0.259 e. The maximum atomic E-state index is 13.7. The van der Waals surface area contributed by atoms with Crippen molar-refractivity contribution >= 4 is 11.9 Å². The molecule has 0 bridgehead atoms. The molecule has 0 aromatic heterocycles. The zero-order valence-corrected chi connectivity index (χ0v) is 16.5. The molecule has 30 heavy (non-hydrogen) atoms. The van der Waals surface area contributed by atoms with Crippen LogP contribution in [-0.4, -0.2) is 52.7 Å². The number of hydrogen-bond donors (Lipinski definition) is 0. The van der Waals surface area contributed by atoms with Gasteiger partial charge in [0.25, 0.3) is 5.91 Å².